The van der Waals surface area contributed by atoms with E-state index in [1.807, 2.05) is 18.2 Å². The summed E-state index contributed by atoms with van der Waals surface area (Å²) >= 11 is 0. The lowest BCUT2D eigenvalue weighted by molar-refractivity contribution is -0.135. The number of hydrogen-bond acceptors (Lipinski definition) is 3. The molecular weight excluding hydrogens is 208 g/mol. The van der Waals surface area contributed by atoms with Crippen molar-refractivity contribution in [3.63, 3.8) is 0 Å². The van der Waals surface area contributed by atoms with Crippen molar-refractivity contribution in [1.29, 1.82) is 0 Å². The molecule has 1 aromatic rings. The molecule has 0 unspecified atom stereocenters. The van der Waals surface area contributed by atoms with Crippen LogP contribution in [0.25, 0.3) is 0 Å². The van der Waals surface area contributed by atoms with Crippen molar-refractivity contribution < 1.29 is 19.7 Å². The fourth-order valence-electron chi connectivity index (χ4n) is 1.24. The van der Waals surface area contributed by atoms with Crippen LogP contribution >= 0.6 is 0 Å². The molecule has 86 valence electrons. The maximum absolute atomic E-state index is 10.3. The van der Waals surface area contributed by atoms with Crippen LogP contribution in [-0.4, -0.2) is 16.2 Å². The Morgan fingerprint density at radius 3 is 2.81 bits per heavy atom. The van der Waals surface area contributed by atoms with Crippen molar-refractivity contribution in [2.24, 2.45) is 0 Å². The van der Waals surface area contributed by atoms with Gasteiger partial charge in [-0.1, -0.05) is 25.5 Å². The van der Waals surface area contributed by atoms with Crippen LogP contribution in [0.3, 0.4) is 0 Å². The van der Waals surface area contributed by atoms with Crippen LogP contribution in [0.1, 0.15) is 18.9 Å². The van der Waals surface area contributed by atoms with E-state index in [9.17, 15) is 4.79 Å². The number of aryl methyl sites for hydroxylation is 1. The van der Waals surface area contributed by atoms with Gasteiger partial charge in [0.2, 0.25) is 5.76 Å². The van der Waals surface area contributed by atoms with Crippen molar-refractivity contribution in [2.75, 3.05) is 0 Å². The van der Waals surface area contributed by atoms with E-state index >= 15 is 0 Å². The molecule has 0 atom stereocenters. The molecule has 0 aromatic heterocycles. The Labute approximate surface area is 93.8 Å². The second kappa shape index (κ2) is 5.80. The molecule has 16 heavy (non-hydrogen) atoms. The maximum atomic E-state index is 10.3. The summed E-state index contributed by atoms with van der Waals surface area (Å²) in [4.78, 5) is 10.3. The third-order valence-electron chi connectivity index (χ3n) is 1.96. The van der Waals surface area contributed by atoms with Crippen LogP contribution in [-0.2, 0) is 11.2 Å². The maximum Gasteiger partial charge on any atom is 0.374 e. The summed E-state index contributed by atoms with van der Waals surface area (Å²) < 4.78 is 5.02. The summed E-state index contributed by atoms with van der Waals surface area (Å²) in [6, 6.07) is 7.31. The molecule has 0 saturated heterocycles. The van der Waals surface area contributed by atoms with Crippen molar-refractivity contribution >= 4 is 5.97 Å². The Hall–Kier alpha value is -1.97. The molecule has 0 spiro atoms. The second-order valence-corrected chi connectivity index (χ2v) is 3.32. The lowest BCUT2D eigenvalue weighted by atomic mass is 10.1. The van der Waals surface area contributed by atoms with E-state index in [0.717, 1.165) is 24.7 Å². The average molecular weight is 222 g/mol. The van der Waals surface area contributed by atoms with Crippen molar-refractivity contribution in [1.82, 2.24) is 0 Å². The van der Waals surface area contributed by atoms with E-state index in [1.54, 1.807) is 6.07 Å². The minimum atomic E-state index is -1.41. The van der Waals surface area contributed by atoms with Crippen molar-refractivity contribution in [2.45, 2.75) is 19.8 Å². The Morgan fingerprint density at radius 1 is 1.44 bits per heavy atom. The number of ether oxygens (including phenoxy) is 1. The zero-order chi connectivity index (χ0) is 12.0. The lowest BCUT2D eigenvalue weighted by Gasteiger charge is -2.03. The molecule has 4 heteroatoms. The molecule has 0 aliphatic carbocycles. The molecule has 0 fully saturated rings. The number of carboxylic acid groups (broad SMARTS) is 1. The minimum absolute atomic E-state index is 0.513. The molecule has 0 radical (unpaired) electrons. The molecule has 2 N–H and O–H groups in total. The van der Waals surface area contributed by atoms with Gasteiger partial charge in [-0.15, -0.1) is 0 Å². The van der Waals surface area contributed by atoms with Gasteiger partial charge in [-0.25, -0.2) is 4.79 Å². The number of aliphatic hydroxyl groups is 1. The molecule has 0 bridgehead atoms. The highest BCUT2D eigenvalue weighted by Crippen LogP contribution is 2.15. The molecule has 0 saturated carbocycles. The third-order valence-corrected chi connectivity index (χ3v) is 1.96. The largest absolute Gasteiger partial charge is 0.500 e. The van der Waals surface area contributed by atoms with E-state index in [0.29, 0.717) is 5.75 Å². The first-order chi connectivity index (χ1) is 7.63. The highest BCUT2D eigenvalue weighted by molar-refractivity contribution is 5.83. The smallest absolute Gasteiger partial charge is 0.374 e. The Kier molecular flexibility index (Phi) is 4.39. The number of rotatable bonds is 5. The van der Waals surface area contributed by atoms with Crippen molar-refractivity contribution in [3.8, 4) is 5.75 Å². The Morgan fingerprint density at radius 2 is 2.19 bits per heavy atom. The first kappa shape index (κ1) is 12.1. The number of carboxylic acids is 1. The normalized spacial score (nSPS) is 11.2. The number of carbonyl (C=O) groups is 1. The van der Waals surface area contributed by atoms with Gasteiger partial charge < -0.3 is 14.9 Å². The molecule has 0 heterocycles. The van der Waals surface area contributed by atoms with Crippen LogP contribution in [0, 0.1) is 0 Å². The van der Waals surface area contributed by atoms with Gasteiger partial charge in [-0.3, -0.25) is 0 Å². The standard InChI is InChI=1S/C12H14O4/c1-2-4-9-5-3-6-10(7-9)16-8-11(13)12(14)15/h3,5-8,13H,2,4H2,1H3,(H,14,15). The Balaban J connectivity index is 2.70. The van der Waals surface area contributed by atoms with E-state index in [2.05, 4.69) is 6.92 Å². The summed E-state index contributed by atoms with van der Waals surface area (Å²) in [5, 5.41) is 17.3. The monoisotopic (exact) mass is 222 g/mol. The summed E-state index contributed by atoms with van der Waals surface area (Å²) in [7, 11) is 0. The number of hydrogen-bond donors (Lipinski definition) is 2. The van der Waals surface area contributed by atoms with Gasteiger partial charge in [0.05, 0.1) is 0 Å². The first-order valence-corrected chi connectivity index (χ1v) is 5.01. The highest BCUT2D eigenvalue weighted by Gasteiger charge is 2.03. The third kappa shape index (κ3) is 3.65. The van der Waals surface area contributed by atoms with Gasteiger partial charge in [-0.05, 0) is 24.1 Å². The molecule has 0 amide bonds. The van der Waals surface area contributed by atoms with Gasteiger partial charge in [-0.2, -0.15) is 0 Å². The zero-order valence-electron chi connectivity index (χ0n) is 9.01. The van der Waals surface area contributed by atoms with Crippen LogP contribution in [0.2, 0.25) is 0 Å². The lowest BCUT2D eigenvalue weighted by Crippen LogP contribution is -2.00. The van der Waals surface area contributed by atoms with E-state index < -0.39 is 11.7 Å². The molecule has 1 aromatic carbocycles. The fourth-order valence-corrected chi connectivity index (χ4v) is 1.24. The van der Waals surface area contributed by atoms with E-state index in [4.69, 9.17) is 14.9 Å². The Bertz CT molecular complexity index is 396. The summed E-state index contributed by atoms with van der Waals surface area (Å²) in [6.45, 7) is 2.07. The molecule has 0 aliphatic rings. The second-order valence-electron chi connectivity index (χ2n) is 3.32. The van der Waals surface area contributed by atoms with Gasteiger partial charge >= 0.3 is 5.97 Å². The quantitative estimate of drug-likeness (QED) is 0.593. The SMILES string of the molecule is CCCc1cccc(OC=C(O)C(=O)O)c1. The molecule has 1 rings (SSSR count). The van der Waals surface area contributed by atoms with Crippen molar-refractivity contribution in [3.05, 3.63) is 41.9 Å². The van der Waals surface area contributed by atoms with Gasteiger partial charge in [0.1, 0.15) is 12.0 Å². The van der Waals surface area contributed by atoms with Gasteiger partial charge in [0.15, 0.2) is 0 Å². The molecule has 0 aliphatic heterocycles. The predicted molar refractivity (Wildman–Crippen MR) is 59.4 cm³/mol. The van der Waals surface area contributed by atoms with Crippen LogP contribution in [0.5, 0.6) is 5.75 Å². The predicted octanol–water partition coefficient (Wildman–Crippen LogP) is 2.50. The summed E-state index contributed by atoms with van der Waals surface area (Å²) in [5.74, 6) is -1.72. The highest BCUT2D eigenvalue weighted by atomic mass is 16.5. The van der Waals surface area contributed by atoms with E-state index in [1.165, 1.54) is 0 Å². The zero-order valence-corrected chi connectivity index (χ0v) is 9.01. The van der Waals surface area contributed by atoms with Crippen LogP contribution in [0.15, 0.2) is 36.3 Å². The van der Waals surface area contributed by atoms with E-state index in [-0.39, 0.29) is 0 Å². The van der Waals surface area contributed by atoms with Crippen LogP contribution in [0.4, 0.5) is 0 Å². The van der Waals surface area contributed by atoms with Gasteiger partial charge in [0, 0.05) is 0 Å². The fraction of sp³-hybridized carbons (Fsp3) is 0.250. The summed E-state index contributed by atoms with van der Waals surface area (Å²) in [6.07, 6.45) is 2.78. The topological polar surface area (TPSA) is 66.8 Å². The number of benzene rings is 1. The van der Waals surface area contributed by atoms with Gasteiger partial charge in [0.25, 0.3) is 0 Å². The molecular formula is C12H14O4. The minimum Gasteiger partial charge on any atom is -0.500 e. The first-order valence-electron chi connectivity index (χ1n) is 5.01. The summed E-state index contributed by atoms with van der Waals surface area (Å²) in [5.41, 5.74) is 1.11. The number of aliphatic hydroxyl groups excluding tert-OH is 1. The number of aliphatic carboxylic acids is 1. The van der Waals surface area contributed by atoms with Crippen LogP contribution < -0.4 is 4.74 Å². The molecule has 4 nitrogen and oxygen atoms in total. The average Bonchev–Trinajstić information content (AvgIpc) is 2.26.